The smallest absolute Gasteiger partial charge is 0.224 e. The van der Waals surface area contributed by atoms with Crippen LogP contribution in [0.5, 0.6) is 5.75 Å². The van der Waals surface area contributed by atoms with Gasteiger partial charge in [-0.15, -0.1) is 0 Å². The van der Waals surface area contributed by atoms with Gasteiger partial charge in [-0.25, -0.2) is 0 Å². The molecule has 5 nitrogen and oxygen atoms in total. The van der Waals surface area contributed by atoms with Crippen LogP contribution in [0.3, 0.4) is 0 Å². The lowest BCUT2D eigenvalue weighted by molar-refractivity contribution is -0.890. The highest BCUT2D eigenvalue weighted by Gasteiger charge is 2.19. The molecule has 0 aliphatic carbocycles. The standard InChI is InChI=1S/C22H31N3O2/c1-6-27-20-13-7-17(8-14-20)15-22(26)23-16-21(25(4)5)18-9-11-19(12-10-18)24(2)3/h7-14,21H,6,15-16H2,1-5H3,(H,23,26)/p+1/t21-/m0/s1. The number of carbonyl (C=O) groups excluding carboxylic acids is 1. The number of rotatable bonds is 9. The third kappa shape index (κ3) is 6.29. The second-order valence-electron chi connectivity index (χ2n) is 7.17. The lowest BCUT2D eigenvalue weighted by Gasteiger charge is -2.23. The van der Waals surface area contributed by atoms with Gasteiger partial charge in [0.15, 0.2) is 0 Å². The first-order valence-electron chi connectivity index (χ1n) is 9.46. The molecule has 27 heavy (non-hydrogen) atoms. The number of hydrogen-bond donors (Lipinski definition) is 2. The van der Waals surface area contributed by atoms with Crippen LogP contribution in [0.15, 0.2) is 48.5 Å². The minimum Gasteiger partial charge on any atom is -0.494 e. The molecular weight excluding hydrogens is 338 g/mol. The lowest BCUT2D eigenvalue weighted by atomic mass is 10.0. The maximum atomic E-state index is 12.4. The molecule has 1 amide bonds. The lowest BCUT2D eigenvalue weighted by Crippen LogP contribution is -3.07. The van der Waals surface area contributed by atoms with Gasteiger partial charge in [-0.2, -0.15) is 0 Å². The Bertz CT molecular complexity index is 709. The molecule has 146 valence electrons. The van der Waals surface area contributed by atoms with Crippen LogP contribution in [0, 0.1) is 0 Å². The Balaban J connectivity index is 1.93. The summed E-state index contributed by atoms with van der Waals surface area (Å²) < 4.78 is 5.44. The van der Waals surface area contributed by atoms with Crippen molar-refractivity contribution in [2.45, 2.75) is 19.4 Å². The number of quaternary nitrogens is 1. The quantitative estimate of drug-likeness (QED) is 0.706. The third-order valence-corrected chi connectivity index (χ3v) is 4.61. The van der Waals surface area contributed by atoms with Gasteiger partial charge in [-0.3, -0.25) is 4.79 Å². The Kier molecular flexibility index (Phi) is 7.67. The number of hydrogen-bond acceptors (Lipinski definition) is 3. The molecule has 5 heteroatoms. The number of likely N-dealkylation sites (N-methyl/N-ethyl adjacent to an activating group) is 1. The SMILES string of the molecule is CCOc1ccc(CC(=O)NC[C@@H](c2ccc(N(C)C)cc2)[NH+](C)C)cc1. The van der Waals surface area contributed by atoms with Gasteiger partial charge in [0.2, 0.25) is 5.91 Å². The molecule has 0 aliphatic heterocycles. The van der Waals surface area contributed by atoms with E-state index in [2.05, 4.69) is 48.6 Å². The Hall–Kier alpha value is -2.53. The van der Waals surface area contributed by atoms with Gasteiger partial charge in [-0.05, 0) is 36.8 Å². The van der Waals surface area contributed by atoms with Crippen molar-refractivity contribution in [1.82, 2.24) is 5.32 Å². The molecule has 0 spiro atoms. The first kappa shape index (κ1) is 20.8. The molecule has 0 radical (unpaired) electrons. The Morgan fingerprint density at radius 2 is 1.70 bits per heavy atom. The van der Waals surface area contributed by atoms with E-state index in [1.807, 2.05) is 45.3 Å². The molecule has 0 saturated carbocycles. The van der Waals surface area contributed by atoms with E-state index >= 15 is 0 Å². The van der Waals surface area contributed by atoms with Crippen molar-refractivity contribution in [3.8, 4) is 5.75 Å². The van der Waals surface area contributed by atoms with Gasteiger partial charge in [0, 0.05) is 25.3 Å². The van der Waals surface area contributed by atoms with E-state index in [0.717, 1.165) is 11.3 Å². The molecule has 0 aliphatic rings. The number of benzene rings is 2. The molecule has 1 atom stereocenters. The average molecular weight is 371 g/mol. The zero-order valence-corrected chi connectivity index (χ0v) is 17.1. The van der Waals surface area contributed by atoms with E-state index in [9.17, 15) is 4.79 Å². The molecule has 0 aromatic heterocycles. The van der Waals surface area contributed by atoms with Crippen molar-refractivity contribution >= 4 is 11.6 Å². The monoisotopic (exact) mass is 370 g/mol. The van der Waals surface area contributed by atoms with Crippen LogP contribution in [-0.2, 0) is 11.2 Å². The van der Waals surface area contributed by atoms with Crippen molar-refractivity contribution in [3.05, 3.63) is 59.7 Å². The molecular formula is C22H32N3O2+. The van der Waals surface area contributed by atoms with Crippen LogP contribution in [0.1, 0.15) is 24.1 Å². The maximum absolute atomic E-state index is 12.4. The zero-order valence-electron chi connectivity index (χ0n) is 17.1. The summed E-state index contributed by atoms with van der Waals surface area (Å²) in [5.74, 6) is 0.870. The van der Waals surface area contributed by atoms with Crippen molar-refractivity contribution in [1.29, 1.82) is 0 Å². The summed E-state index contributed by atoms with van der Waals surface area (Å²) in [4.78, 5) is 15.7. The predicted octanol–water partition coefficient (Wildman–Crippen LogP) is 1.70. The van der Waals surface area contributed by atoms with E-state index in [4.69, 9.17) is 4.74 Å². The first-order valence-corrected chi connectivity index (χ1v) is 9.46. The van der Waals surface area contributed by atoms with Crippen molar-refractivity contribution < 1.29 is 14.4 Å². The van der Waals surface area contributed by atoms with Gasteiger partial charge in [-0.1, -0.05) is 24.3 Å². The Morgan fingerprint density at radius 3 is 2.22 bits per heavy atom. The number of ether oxygens (including phenoxy) is 1. The third-order valence-electron chi connectivity index (χ3n) is 4.61. The maximum Gasteiger partial charge on any atom is 0.224 e. The fraction of sp³-hybridized carbons (Fsp3) is 0.409. The largest absolute Gasteiger partial charge is 0.494 e. The minimum atomic E-state index is 0.0373. The van der Waals surface area contributed by atoms with Crippen molar-refractivity contribution in [2.24, 2.45) is 0 Å². The summed E-state index contributed by atoms with van der Waals surface area (Å²) in [6.45, 7) is 3.21. The molecule has 2 aromatic rings. The first-order chi connectivity index (χ1) is 12.9. The number of nitrogens with zero attached hydrogens (tertiary/aromatic N) is 1. The van der Waals surface area contributed by atoms with Gasteiger partial charge < -0.3 is 19.9 Å². The van der Waals surface area contributed by atoms with Crippen LogP contribution in [0.25, 0.3) is 0 Å². The summed E-state index contributed by atoms with van der Waals surface area (Å²) in [6.07, 6.45) is 0.376. The zero-order chi connectivity index (χ0) is 19.8. The second-order valence-corrected chi connectivity index (χ2v) is 7.17. The van der Waals surface area contributed by atoms with Gasteiger partial charge in [0.25, 0.3) is 0 Å². The normalized spacial score (nSPS) is 11.9. The molecule has 0 heterocycles. The van der Waals surface area contributed by atoms with E-state index < -0.39 is 0 Å². The Morgan fingerprint density at radius 1 is 1.07 bits per heavy atom. The molecule has 2 N–H and O–H groups in total. The van der Waals surface area contributed by atoms with Crippen molar-refractivity contribution in [3.63, 3.8) is 0 Å². The average Bonchev–Trinajstić information content (AvgIpc) is 2.64. The fourth-order valence-corrected chi connectivity index (χ4v) is 2.99. The summed E-state index contributed by atoms with van der Waals surface area (Å²) in [6, 6.07) is 16.4. The van der Waals surface area contributed by atoms with Crippen LogP contribution in [0.2, 0.25) is 0 Å². The summed E-state index contributed by atoms with van der Waals surface area (Å²) >= 11 is 0. The van der Waals surface area contributed by atoms with Gasteiger partial charge in [0.05, 0.1) is 33.7 Å². The highest BCUT2D eigenvalue weighted by Crippen LogP contribution is 2.16. The highest BCUT2D eigenvalue weighted by atomic mass is 16.5. The number of anilines is 1. The predicted molar refractivity (Wildman–Crippen MR) is 111 cm³/mol. The van der Waals surface area contributed by atoms with Crippen LogP contribution in [0.4, 0.5) is 5.69 Å². The molecule has 0 saturated heterocycles. The van der Waals surface area contributed by atoms with E-state index in [1.165, 1.54) is 16.2 Å². The van der Waals surface area contributed by atoms with Crippen molar-refractivity contribution in [2.75, 3.05) is 46.2 Å². The Labute approximate surface area is 162 Å². The molecule has 0 fully saturated rings. The number of amides is 1. The molecule has 0 unspecified atom stereocenters. The summed E-state index contributed by atoms with van der Waals surface area (Å²) in [5, 5.41) is 3.09. The van der Waals surface area contributed by atoms with Crippen LogP contribution in [-0.4, -0.2) is 47.2 Å². The van der Waals surface area contributed by atoms with E-state index in [1.54, 1.807) is 0 Å². The van der Waals surface area contributed by atoms with E-state index in [-0.39, 0.29) is 11.9 Å². The number of nitrogens with one attached hydrogen (secondary N) is 2. The topological polar surface area (TPSA) is 46.0 Å². The number of carbonyl (C=O) groups is 1. The second kappa shape index (κ2) is 9.97. The summed E-state index contributed by atoms with van der Waals surface area (Å²) in [7, 11) is 8.29. The fourth-order valence-electron chi connectivity index (χ4n) is 2.99. The van der Waals surface area contributed by atoms with Crippen LogP contribution < -0.4 is 19.9 Å². The molecule has 2 rings (SSSR count). The molecule has 2 aromatic carbocycles. The van der Waals surface area contributed by atoms with E-state index in [0.29, 0.717) is 19.6 Å². The van der Waals surface area contributed by atoms with Gasteiger partial charge >= 0.3 is 0 Å². The van der Waals surface area contributed by atoms with Crippen LogP contribution >= 0.6 is 0 Å². The summed E-state index contributed by atoms with van der Waals surface area (Å²) in [5.41, 5.74) is 3.38. The minimum absolute atomic E-state index is 0.0373. The highest BCUT2D eigenvalue weighted by molar-refractivity contribution is 5.78. The molecule has 0 bridgehead atoms. The van der Waals surface area contributed by atoms with Gasteiger partial charge in [0.1, 0.15) is 11.8 Å².